The van der Waals surface area contributed by atoms with E-state index >= 15 is 0 Å². The summed E-state index contributed by atoms with van der Waals surface area (Å²) in [5, 5.41) is 2.92. The van der Waals surface area contributed by atoms with Crippen molar-refractivity contribution in [3.05, 3.63) is 23.8 Å². The van der Waals surface area contributed by atoms with Crippen LogP contribution in [0.2, 0.25) is 0 Å². The number of rotatable bonds is 4. The van der Waals surface area contributed by atoms with Crippen molar-refractivity contribution < 1.29 is 9.53 Å². The van der Waals surface area contributed by atoms with E-state index in [1.54, 1.807) is 12.1 Å². The summed E-state index contributed by atoms with van der Waals surface area (Å²) in [6, 6.07) is 5.36. The first-order valence-electron chi connectivity index (χ1n) is 6.90. The molecule has 3 N–H and O–H groups in total. The number of hydrogen-bond donors (Lipinski definition) is 2. The van der Waals surface area contributed by atoms with Gasteiger partial charge in [0.25, 0.3) is 5.91 Å². The first-order chi connectivity index (χ1) is 9.41. The number of nitrogens with one attached hydrogen (secondary N) is 1. The molecule has 1 unspecified atom stereocenters. The normalized spacial score (nSPS) is 21.8. The molecular weight excluding hydrogens is 254 g/mol. The molecule has 1 fully saturated rings. The number of nitrogens with zero attached hydrogens (tertiary/aromatic N) is 1. The van der Waals surface area contributed by atoms with Gasteiger partial charge in [0.2, 0.25) is 0 Å². The third kappa shape index (κ3) is 3.22. The smallest absolute Gasteiger partial charge is 0.251 e. The lowest BCUT2D eigenvalue weighted by atomic mass is 10.0. The molecule has 5 nitrogen and oxygen atoms in total. The third-order valence-electron chi connectivity index (χ3n) is 3.69. The molecule has 0 saturated carbocycles. The van der Waals surface area contributed by atoms with Crippen LogP contribution in [0.1, 0.15) is 30.1 Å². The second kappa shape index (κ2) is 5.71. The summed E-state index contributed by atoms with van der Waals surface area (Å²) in [6.45, 7) is 3.34. The molecular formula is C15H23N3O2. The first-order valence-corrected chi connectivity index (χ1v) is 6.90. The van der Waals surface area contributed by atoms with Gasteiger partial charge in [-0.15, -0.1) is 0 Å². The molecule has 1 aromatic rings. The zero-order valence-electron chi connectivity index (χ0n) is 12.4. The monoisotopic (exact) mass is 277 g/mol. The van der Waals surface area contributed by atoms with Gasteiger partial charge in [-0.1, -0.05) is 0 Å². The molecule has 1 amide bonds. The highest BCUT2D eigenvalue weighted by Gasteiger charge is 2.30. The summed E-state index contributed by atoms with van der Waals surface area (Å²) in [5.41, 5.74) is 7.82. The number of hydrogen-bond acceptors (Lipinski definition) is 4. The van der Waals surface area contributed by atoms with Crippen molar-refractivity contribution in [3.63, 3.8) is 0 Å². The van der Waals surface area contributed by atoms with E-state index in [1.165, 1.54) is 0 Å². The van der Waals surface area contributed by atoms with Crippen molar-refractivity contribution in [2.45, 2.75) is 25.4 Å². The second-order valence-electron chi connectivity index (χ2n) is 5.75. The molecule has 0 aliphatic carbocycles. The summed E-state index contributed by atoms with van der Waals surface area (Å²) in [6.07, 6.45) is 2.03. The van der Waals surface area contributed by atoms with Gasteiger partial charge in [-0.05, 0) is 38.0 Å². The highest BCUT2D eigenvalue weighted by Crippen LogP contribution is 2.25. The quantitative estimate of drug-likeness (QED) is 0.821. The topological polar surface area (TPSA) is 67.6 Å². The Kier molecular flexibility index (Phi) is 4.18. The SMILES string of the molecule is CN(C)c1ccc(C(=O)NCC2(C)CCCO2)cc1N. The van der Waals surface area contributed by atoms with E-state index in [0.717, 1.165) is 25.1 Å². The number of nitrogens with two attached hydrogens (primary N) is 1. The molecule has 1 atom stereocenters. The minimum atomic E-state index is -0.231. The molecule has 1 heterocycles. The lowest BCUT2D eigenvalue weighted by molar-refractivity contribution is 0.0206. The van der Waals surface area contributed by atoms with Crippen LogP contribution in [0.25, 0.3) is 0 Å². The molecule has 5 heteroatoms. The number of ether oxygens (including phenoxy) is 1. The van der Waals surface area contributed by atoms with Gasteiger partial charge in [-0.2, -0.15) is 0 Å². The Morgan fingerprint density at radius 1 is 1.50 bits per heavy atom. The number of anilines is 2. The van der Waals surface area contributed by atoms with E-state index in [2.05, 4.69) is 5.32 Å². The summed E-state index contributed by atoms with van der Waals surface area (Å²) in [4.78, 5) is 14.1. The molecule has 0 spiro atoms. The predicted octanol–water partition coefficient (Wildman–Crippen LogP) is 1.63. The third-order valence-corrected chi connectivity index (χ3v) is 3.69. The maximum atomic E-state index is 12.1. The molecule has 1 aromatic carbocycles. The molecule has 20 heavy (non-hydrogen) atoms. The Bertz CT molecular complexity index is 494. The Balaban J connectivity index is 2.00. The van der Waals surface area contributed by atoms with Crippen molar-refractivity contribution in [2.75, 3.05) is 37.9 Å². The van der Waals surface area contributed by atoms with Gasteiger partial charge in [-0.3, -0.25) is 4.79 Å². The van der Waals surface area contributed by atoms with Crippen LogP contribution in [0.4, 0.5) is 11.4 Å². The number of carbonyl (C=O) groups excluding carboxylic acids is 1. The van der Waals surface area contributed by atoms with E-state index in [0.29, 0.717) is 17.8 Å². The Morgan fingerprint density at radius 3 is 2.80 bits per heavy atom. The van der Waals surface area contributed by atoms with Crippen LogP contribution in [0.5, 0.6) is 0 Å². The molecule has 0 bridgehead atoms. The molecule has 2 rings (SSSR count). The van der Waals surface area contributed by atoms with E-state index in [1.807, 2.05) is 32.0 Å². The number of benzene rings is 1. The predicted molar refractivity (Wildman–Crippen MR) is 81.1 cm³/mol. The fourth-order valence-corrected chi connectivity index (χ4v) is 2.45. The second-order valence-corrected chi connectivity index (χ2v) is 5.75. The number of carbonyl (C=O) groups is 1. The summed E-state index contributed by atoms with van der Waals surface area (Å²) >= 11 is 0. The minimum absolute atomic E-state index is 0.112. The average molecular weight is 277 g/mol. The number of amides is 1. The lowest BCUT2D eigenvalue weighted by Crippen LogP contribution is -2.40. The van der Waals surface area contributed by atoms with Crippen LogP contribution >= 0.6 is 0 Å². The first kappa shape index (κ1) is 14.7. The maximum absolute atomic E-state index is 12.1. The van der Waals surface area contributed by atoms with E-state index in [9.17, 15) is 4.79 Å². The van der Waals surface area contributed by atoms with Gasteiger partial charge < -0.3 is 20.7 Å². The molecule has 1 aliphatic heterocycles. The van der Waals surface area contributed by atoms with Gasteiger partial charge in [0.1, 0.15) is 0 Å². The van der Waals surface area contributed by atoms with Gasteiger partial charge in [0.15, 0.2) is 0 Å². The van der Waals surface area contributed by atoms with Crippen molar-refractivity contribution >= 4 is 17.3 Å². The Hall–Kier alpha value is -1.75. The summed E-state index contributed by atoms with van der Waals surface area (Å²) < 4.78 is 5.65. The van der Waals surface area contributed by atoms with Crippen molar-refractivity contribution in [2.24, 2.45) is 0 Å². The zero-order valence-corrected chi connectivity index (χ0v) is 12.4. The Morgan fingerprint density at radius 2 is 2.25 bits per heavy atom. The van der Waals surface area contributed by atoms with Crippen molar-refractivity contribution in [1.29, 1.82) is 0 Å². The summed E-state index contributed by atoms with van der Waals surface area (Å²) in [5.74, 6) is -0.112. The maximum Gasteiger partial charge on any atom is 0.251 e. The van der Waals surface area contributed by atoms with Gasteiger partial charge in [0, 0.05) is 32.8 Å². The van der Waals surface area contributed by atoms with Gasteiger partial charge in [-0.25, -0.2) is 0 Å². The molecule has 1 aliphatic rings. The summed E-state index contributed by atoms with van der Waals surface area (Å²) in [7, 11) is 3.84. The minimum Gasteiger partial charge on any atom is -0.397 e. The molecule has 110 valence electrons. The Labute approximate surface area is 120 Å². The molecule has 0 aromatic heterocycles. The van der Waals surface area contributed by atoms with Crippen LogP contribution in [-0.2, 0) is 4.74 Å². The van der Waals surface area contributed by atoms with Gasteiger partial charge in [0.05, 0.1) is 17.0 Å². The highest BCUT2D eigenvalue weighted by atomic mass is 16.5. The average Bonchev–Trinajstić information content (AvgIpc) is 2.83. The van der Waals surface area contributed by atoms with E-state index < -0.39 is 0 Å². The fraction of sp³-hybridized carbons (Fsp3) is 0.533. The van der Waals surface area contributed by atoms with E-state index in [4.69, 9.17) is 10.5 Å². The van der Waals surface area contributed by atoms with Gasteiger partial charge >= 0.3 is 0 Å². The molecule has 1 saturated heterocycles. The lowest BCUT2D eigenvalue weighted by Gasteiger charge is -2.23. The molecule has 0 radical (unpaired) electrons. The largest absolute Gasteiger partial charge is 0.397 e. The fourth-order valence-electron chi connectivity index (χ4n) is 2.45. The van der Waals surface area contributed by atoms with Crippen LogP contribution < -0.4 is 16.0 Å². The van der Waals surface area contributed by atoms with Crippen molar-refractivity contribution in [3.8, 4) is 0 Å². The van der Waals surface area contributed by atoms with Crippen LogP contribution in [0, 0.1) is 0 Å². The van der Waals surface area contributed by atoms with Crippen molar-refractivity contribution in [1.82, 2.24) is 5.32 Å². The van der Waals surface area contributed by atoms with Crippen LogP contribution in [0.15, 0.2) is 18.2 Å². The van der Waals surface area contributed by atoms with Crippen LogP contribution in [0.3, 0.4) is 0 Å². The number of nitrogen functional groups attached to an aromatic ring is 1. The van der Waals surface area contributed by atoms with Crippen LogP contribution in [-0.4, -0.2) is 38.8 Å². The highest BCUT2D eigenvalue weighted by molar-refractivity contribution is 5.96. The standard InChI is InChI=1S/C15H23N3O2/c1-15(7-4-8-20-15)10-17-14(19)11-5-6-13(18(2)3)12(16)9-11/h5-6,9H,4,7-8,10,16H2,1-3H3,(H,17,19). The van der Waals surface area contributed by atoms with E-state index in [-0.39, 0.29) is 11.5 Å². The zero-order chi connectivity index (χ0) is 14.8.